The maximum absolute atomic E-state index is 11.6. The van der Waals surface area contributed by atoms with Crippen LogP contribution in [0.3, 0.4) is 0 Å². The van der Waals surface area contributed by atoms with Gasteiger partial charge in [-0.05, 0) is 49.5 Å². The topological polar surface area (TPSA) is 62.7 Å². The second-order valence-electron chi connectivity index (χ2n) is 4.64. The van der Waals surface area contributed by atoms with Gasteiger partial charge in [0.05, 0.1) is 18.4 Å². The van der Waals surface area contributed by atoms with E-state index in [0.29, 0.717) is 22.3 Å². The van der Waals surface area contributed by atoms with E-state index in [1.807, 2.05) is 18.2 Å². The second kappa shape index (κ2) is 9.00. The molecular formula is C17H16ClN3O2S. The van der Waals surface area contributed by atoms with Crippen LogP contribution in [-0.4, -0.2) is 23.9 Å². The van der Waals surface area contributed by atoms with Crippen LogP contribution in [0.15, 0.2) is 53.6 Å². The van der Waals surface area contributed by atoms with Gasteiger partial charge >= 0.3 is 5.97 Å². The Bertz CT molecular complexity index is 748. The fraction of sp³-hybridized carbons (Fsp3) is 0.118. The van der Waals surface area contributed by atoms with E-state index in [1.165, 1.54) is 0 Å². The van der Waals surface area contributed by atoms with Gasteiger partial charge in [-0.3, -0.25) is 5.43 Å². The summed E-state index contributed by atoms with van der Waals surface area (Å²) >= 11 is 11.2. The zero-order valence-corrected chi connectivity index (χ0v) is 14.5. The van der Waals surface area contributed by atoms with Gasteiger partial charge in [0.15, 0.2) is 5.11 Å². The molecule has 24 heavy (non-hydrogen) atoms. The third kappa shape index (κ3) is 5.33. The van der Waals surface area contributed by atoms with Gasteiger partial charge in [-0.1, -0.05) is 29.8 Å². The Labute approximate surface area is 150 Å². The van der Waals surface area contributed by atoms with E-state index in [4.69, 9.17) is 28.6 Å². The molecule has 5 nitrogen and oxygen atoms in total. The first-order valence-electron chi connectivity index (χ1n) is 7.22. The van der Waals surface area contributed by atoms with Gasteiger partial charge < -0.3 is 10.1 Å². The molecule has 0 amide bonds. The van der Waals surface area contributed by atoms with Crippen LogP contribution in [0.2, 0.25) is 5.02 Å². The molecule has 2 aromatic rings. The maximum Gasteiger partial charge on any atom is 0.338 e. The van der Waals surface area contributed by atoms with Gasteiger partial charge in [-0.25, -0.2) is 4.79 Å². The minimum atomic E-state index is -0.353. The van der Waals surface area contributed by atoms with Crippen LogP contribution in [0, 0.1) is 0 Å². The minimum absolute atomic E-state index is 0.321. The smallest absolute Gasteiger partial charge is 0.338 e. The summed E-state index contributed by atoms with van der Waals surface area (Å²) in [6.45, 7) is 2.11. The molecule has 0 aliphatic rings. The Hall–Kier alpha value is -2.44. The maximum atomic E-state index is 11.6. The lowest BCUT2D eigenvalue weighted by Crippen LogP contribution is -2.23. The Morgan fingerprint density at radius 1 is 1.25 bits per heavy atom. The van der Waals surface area contributed by atoms with E-state index in [9.17, 15) is 4.79 Å². The summed E-state index contributed by atoms with van der Waals surface area (Å²) in [5, 5.41) is 7.92. The van der Waals surface area contributed by atoms with Crippen LogP contribution < -0.4 is 10.7 Å². The van der Waals surface area contributed by atoms with Crippen molar-refractivity contribution < 1.29 is 9.53 Å². The highest BCUT2D eigenvalue weighted by molar-refractivity contribution is 7.80. The first-order chi connectivity index (χ1) is 11.6. The number of esters is 1. The first-order valence-corrected chi connectivity index (χ1v) is 8.00. The van der Waals surface area contributed by atoms with Gasteiger partial charge in [0.1, 0.15) is 0 Å². The quantitative estimate of drug-likeness (QED) is 0.366. The van der Waals surface area contributed by atoms with E-state index < -0.39 is 0 Å². The number of hydrogen-bond donors (Lipinski definition) is 2. The Morgan fingerprint density at radius 2 is 1.96 bits per heavy atom. The monoisotopic (exact) mass is 361 g/mol. The van der Waals surface area contributed by atoms with E-state index in [2.05, 4.69) is 15.8 Å². The van der Waals surface area contributed by atoms with E-state index >= 15 is 0 Å². The van der Waals surface area contributed by atoms with Gasteiger partial charge in [0.2, 0.25) is 0 Å². The molecule has 124 valence electrons. The van der Waals surface area contributed by atoms with Crippen molar-refractivity contribution in [2.45, 2.75) is 6.92 Å². The molecule has 0 saturated heterocycles. The van der Waals surface area contributed by atoms with E-state index in [1.54, 1.807) is 43.5 Å². The van der Waals surface area contributed by atoms with E-state index in [-0.39, 0.29) is 5.97 Å². The normalized spacial score (nSPS) is 10.4. The zero-order valence-electron chi connectivity index (χ0n) is 13.0. The average Bonchev–Trinajstić information content (AvgIpc) is 2.57. The number of hydrazone groups is 1. The van der Waals surface area contributed by atoms with Crippen molar-refractivity contribution in [1.29, 1.82) is 0 Å². The van der Waals surface area contributed by atoms with Gasteiger partial charge in [0.25, 0.3) is 0 Å². The van der Waals surface area contributed by atoms with Crippen LogP contribution >= 0.6 is 23.8 Å². The predicted octanol–water partition coefficient (Wildman–Crippen LogP) is 3.84. The molecule has 0 atom stereocenters. The third-order valence-corrected chi connectivity index (χ3v) is 3.47. The lowest BCUT2D eigenvalue weighted by molar-refractivity contribution is 0.0526. The number of hydrogen-bond acceptors (Lipinski definition) is 4. The molecule has 0 spiro atoms. The lowest BCUT2D eigenvalue weighted by Gasteiger charge is -2.08. The summed E-state index contributed by atoms with van der Waals surface area (Å²) in [7, 11) is 0. The average molecular weight is 362 g/mol. The number of carbonyl (C=O) groups is 1. The molecule has 0 aliphatic heterocycles. The second-order valence-corrected chi connectivity index (χ2v) is 5.46. The third-order valence-electron chi connectivity index (χ3n) is 2.93. The van der Waals surface area contributed by atoms with Crippen molar-refractivity contribution in [1.82, 2.24) is 5.43 Å². The number of nitrogens with zero attached hydrogens (tertiary/aromatic N) is 1. The molecule has 0 heterocycles. The lowest BCUT2D eigenvalue weighted by atomic mass is 10.2. The van der Waals surface area contributed by atoms with Gasteiger partial charge in [0, 0.05) is 16.3 Å². The molecule has 2 N–H and O–H groups in total. The van der Waals surface area contributed by atoms with Crippen LogP contribution in [0.25, 0.3) is 0 Å². The molecule has 2 rings (SSSR count). The number of carbonyl (C=O) groups excluding carboxylic acids is 1. The molecule has 0 saturated carbocycles. The molecule has 0 radical (unpaired) electrons. The molecule has 0 unspecified atom stereocenters. The summed E-state index contributed by atoms with van der Waals surface area (Å²) in [4.78, 5) is 11.6. The molecular weight excluding hydrogens is 346 g/mol. The fourth-order valence-corrected chi connectivity index (χ4v) is 2.16. The number of nitrogens with one attached hydrogen (secondary N) is 2. The molecule has 0 aromatic heterocycles. The van der Waals surface area contributed by atoms with Crippen LogP contribution in [0.5, 0.6) is 0 Å². The van der Waals surface area contributed by atoms with Gasteiger partial charge in [-0.2, -0.15) is 5.10 Å². The summed E-state index contributed by atoms with van der Waals surface area (Å²) in [5.74, 6) is -0.353. The summed E-state index contributed by atoms with van der Waals surface area (Å²) in [6.07, 6.45) is 1.58. The van der Waals surface area contributed by atoms with E-state index in [0.717, 1.165) is 11.3 Å². The molecule has 2 aromatic carbocycles. The van der Waals surface area contributed by atoms with Gasteiger partial charge in [-0.15, -0.1) is 0 Å². The van der Waals surface area contributed by atoms with Crippen LogP contribution in [0.4, 0.5) is 5.69 Å². The summed E-state index contributed by atoms with van der Waals surface area (Å²) in [6, 6.07) is 14.1. The number of ether oxygens (including phenoxy) is 1. The highest BCUT2D eigenvalue weighted by atomic mass is 35.5. The molecule has 7 heteroatoms. The van der Waals surface area contributed by atoms with Crippen molar-refractivity contribution in [3.8, 4) is 0 Å². The summed E-state index contributed by atoms with van der Waals surface area (Å²) in [5.41, 5.74) is 4.70. The standard InChI is InChI=1S/C17H16ClN3O2S/c1-2-23-16(22)12-7-9-14(10-8-12)20-17(24)21-19-11-13-5-3-4-6-15(13)18/h3-11H,2H2,1H3,(H2,20,21,24)/b19-11-. The largest absolute Gasteiger partial charge is 0.462 e. The van der Waals surface area contributed by atoms with Crippen molar-refractivity contribution in [2.24, 2.45) is 5.10 Å². The van der Waals surface area contributed by atoms with Crippen LogP contribution in [-0.2, 0) is 4.74 Å². The number of thiocarbonyl (C=S) groups is 1. The minimum Gasteiger partial charge on any atom is -0.462 e. The number of halogens is 1. The highest BCUT2D eigenvalue weighted by Gasteiger charge is 2.05. The predicted molar refractivity (Wildman–Crippen MR) is 101 cm³/mol. The Balaban J connectivity index is 1.88. The Kier molecular flexibility index (Phi) is 6.72. The molecule has 0 fully saturated rings. The highest BCUT2D eigenvalue weighted by Crippen LogP contribution is 2.12. The SMILES string of the molecule is CCOC(=O)c1ccc(NC(=S)N/N=C\c2ccccc2Cl)cc1. The zero-order chi connectivity index (χ0) is 17.4. The molecule has 0 aliphatic carbocycles. The van der Waals surface area contributed by atoms with Crippen LogP contribution in [0.1, 0.15) is 22.8 Å². The number of rotatable bonds is 5. The molecule has 0 bridgehead atoms. The van der Waals surface area contributed by atoms with Crippen molar-refractivity contribution >= 4 is 46.8 Å². The fourth-order valence-electron chi connectivity index (χ4n) is 1.80. The number of benzene rings is 2. The van der Waals surface area contributed by atoms with Crippen molar-refractivity contribution in [2.75, 3.05) is 11.9 Å². The summed E-state index contributed by atoms with van der Waals surface area (Å²) < 4.78 is 4.93. The first kappa shape index (κ1) is 17.9. The Morgan fingerprint density at radius 3 is 2.62 bits per heavy atom. The van der Waals surface area contributed by atoms with Crippen molar-refractivity contribution in [3.63, 3.8) is 0 Å². The van der Waals surface area contributed by atoms with Crippen molar-refractivity contribution in [3.05, 3.63) is 64.7 Å². The number of anilines is 1.